The average molecular weight is 431 g/mol. The quantitative estimate of drug-likeness (QED) is 0.357. The molecule has 2 aromatic carbocycles. The predicted molar refractivity (Wildman–Crippen MR) is 126 cm³/mol. The third kappa shape index (κ3) is 4.13. The fourth-order valence-electron chi connectivity index (χ4n) is 4.54. The van der Waals surface area contributed by atoms with E-state index in [0.29, 0.717) is 12.0 Å². The second-order valence-electron chi connectivity index (χ2n) is 7.86. The fraction of sp³-hybridized carbons (Fsp3) is 0.259. The first-order valence-corrected chi connectivity index (χ1v) is 11.4. The molecule has 0 spiro atoms. The van der Waals surface area contributed by atoms with Gasteiger partial charge in [-0.2, -0.15) is 0 Å². The number of esters is 1. The van der Waals surface area contributed by atoms with Crippen molar-refractivity contribution in [1.82, 2.24) is 0 Å². The van der Waals surface area contributed by atoms with Crippen LogP contribution in [0.2, 0.25) is 0 Å². The Morgan fingerprint density at radius 2 is 1.68 bits per heavy atom. The number of allylic oxidation sites excluding steroid dienone is 2. The Morgan fingerprint density at radius 3 is 2.26 bits per heavy atom. The van der Waals surface area contributed by atoms with Crippen LogP contribution in [0.15, 0.2) is 66.7 Å². The number of hydrogen-bond acceptors (Lipinski definition) is 4. The smallest absolute Gasteiger partial charge is 0.317 e. The number of hydrogen-bond donors (Lipinski definition) is 0. The van der Waals surface area contributed by atoms with Gasteiger partial charge in [0, 0.05) is 21.2 Å². The summed E-state index contributed by atoms with van der Waals surface area (Å²) < 4.78 is 5.38. The Balaban J connectivity index is 1.95. The van der Waals surface area contributed by atoms with E-state index in [4.69, 9.17) is 4.74 Å². The Bertz CT molecular complexity index is 1130. The number of aryl methyl sites for hydroxylation is 2. The number of thiophene rings is 1. The number of ether oxygens (including phenoxy) is 1. The highest BCUT2D eigenvalue weighted by molar-refractivity contribution is 7.12. The van der Waals surface area contributed by atoms with Gasteiger partial charge in [-0.15, -0.1) is 11.3 Å². The van der Waals surface area contributed by atoms with Crippen LogP contribution in [0.4, 0.5) is 0 Å². The molecule has 2 unspecified atom stereocenters. The van der Waals surface area contributed by atoms with Gasteiger partial charge in [-0.05, 0) is 55.5 Å². The van der Waals surface area contributed by atoms with E-state index in [0.717, 1.165) is 22.3 Å². The van der Waals surface area contributed by atoms with Gasteiger partial charge < -0.3 is 4.74 Å². The summed E-state index contributed by atoms with van der Waals surface area (Å²) in [7, 11) is 0. The summed E-state index contributed by atoms with van der Waals surface area (Å²) in [6, 6.07) is 21.7. The lowest BCUT2D eigenvalue weighted by Crippen LogP contribution is -2.36. The highest BCUT2D eigenvalue weighted by Gasteiger charge is 2.44. The van der Waals surface area contributed by atoms with Crippen molar-refractivity contribution in [2.75, 3.05) is 6.61 Å². The summed E-state index contributed by atoms with van der Waals surface area (Å²) >= 11 is 1.74. The van der Waals surface area contributed by atoms with Gasteiger partial charge in [0.05, 0.1) is 6.61 Å². The van der Waals surface area contributed by atoms with E-state index in [1.165, 1.54) is 9.75 Å². The topological polar surface area (TPSA) is 43.4 Å². The molecule has 0 fully saturated rings. The second kappa shape index (κ2) is 9.03. The number of ketones is 1. The molecule has 0 amide bonds. The Labute approximate surface area is 187 Å². The lowest BCUT2D eigenvalue weighted by Gasteiger charge is -2.33. The lowest BCUT2D eigenvalue weighted by molar-refractivity contribution is -0.151. The minimum absolute atomic E-state index is 0.150. The van der Waals surface area contributed by atoms with Crippen molar-refractivity contribution in [3.05, 3.63) is 93.2 Å². The summed E-state index contributed by atoms with van der Waals surface area (Å²) in [4.78, 5) is 29.4. The molecule has 1 aromatic heterocycles. The highest BCUT2D eigenvalue weighted by Crippen LogP contribution is 2.47. The van der Waals surface area contributed by atoms with Crippen molar-refractivity contribution >= 4 is 34.2 Å². The third-order valence-electron chi connectivity index (χ3n) is 5.85. The van der Waals surface area contributed by atoms with Gasteiger partial charge in [0.25, 0.3) is 0 Å². The largest absolute Gasteiger partial charge is 0.465 e. The van der Waals surface area contributed by atoms with Crippen molar-refractivity contribution in [2.24, 2.45) is 5.92 Å². The number of Topliss-reactive ketones (excluding diaryl/α,β-unsaturated/α-hetero) is 1. The van der Waals surface area contributed by atoms with Crippen molar-refractivity contribution in [1.29, 1.82) is 0 Å². The van der Waals surface area contributed by atoms with Crippen LogP contribution in [0, 0.1) is 19.8 Å². The van der Waals surface area contributed by atoms with Gasteiger partial charge in [0.1, 0.15) is 5.92 Å². The molecule has 1 aliphatic carbocycles. The Hall–Kier alpha value is -2.98. The van der Waals surface area contributed by atoms with Gasteiger partial charge in [0.15, 0.2) is 5.78 Å². The van der Waals surface area contributed by atoms with Crippen molar-refractivity contribution in [3.63, 3.8) is 0 Å². The van der Waals surface area contributed by atoms with E-state index in [1.807, 2.05) is 60.7 Å². The maximum atomic E-state index is 14.0. The fourth-order valence-corrected chi connectivity index (χ4v) is 5.49. The minimum atomic E-state index is -0.846. The Morgan fingerprint density at radius 1 is 1.03 bits per heavy atom. The van der Waals surface area contributed by atoms with E-state index in [-0.39, 0.29) is 18.3 Å². The van der Waals surface area contributed by atoms with Gasteiger partial charge in [-0.25, -0.2) is 0 Å². The summed E-state index contributed by atoms with van der Waals surface area (Å²) in [5, 5.41) is 0. The molecule has 3 aromatic rings. The number of benzene rings is 2. The molecule has 0 bridgehead atoms. The van der Waals surface area contributed by atoms with Crippen LogP contribution in [0.25, 0.3) is 11.1 Å². The lowest BCUT2D eigenvalue weighted by atomic mass is 9.69. The summed E-state index contributed by atoms with van der Waals surface area (Å²) in [5.74, 6) is -1.69. The van der Waals surface area contributed by atoms with Crippen LogP contribution in [-0.2, 0) is 14.3 Å². The maximum absolute atomic E-state index is 14.0. The molecule has 4 rings (SSSR count). The molecular formula is C27H26O3S. The van der Waals surface area contributed by atoms with E-state index >= 15 is 0 Å². The average Bonchev–Trinajstić information content (AvgIpc) is 3.12. The molecule has 0 N–H and O–H groups in total. The molecule has 0 aliphatic heterocycles. The van der Waals surface area contributed by atoms with E-state index in [2.05, 4.69) is 19.9 Å². The summed E-state index contributed by atoms with van der Waals surface area (Å²) in [6.07, 6.45) is 0.612. The van der Waals surface area contributed by atoms with Crippen LogP contribution in [0.1, 0.15) is 45.7 Å². The molecule has 3 nitrogen and oxygen atoms in total. The standard InChI is InChI=1S/C27H26O3S/c1-4-30-27(29)25-22(19-11-7-5-8-12-19)16-23(21-15-17(2)31-18(21)3)24(26(25)28)20-13-9-6-10-14-20/h5-15,22,25H,4,16H2,1-3H3. The van der Waals surface area contributed by atoms with Crippen LogP contribution < -0.4 is 0 Å². The molecule has 0 saturated heterocycles. The van der Waals surface area contributed by atoms with E-state index < -0.39 is 11.9 Å². The molecule has 2 atom stereocenters. The van der Waals surface area contributed by atoms with Gasteiger partial charge in [-0.3, -0.25) is 9.59 Å². The molecule has 4 heteroatoms. The van der Waals surface area contributed by atoms with E-state index in [1.54, 1.807) is 18.3 Å². The van der Waals surface area contributed by atoms with Crippen LogP contribution in [-0.4, -0.2) is 18.4 Å². The zero-order chi connectivity index (χ0) is 22.0. The number of rotatable bonds is 5. The van der Waals surface area contributed by atoms with Gasteiger partial charge in [0.2, 0.25) is 0 Å². The van der Waals surface area contributed by atoms with Crippen molar-refractivity contribution in [3.8, 4) is 0 Å². The molecule has 1 aliphatic rings. The van der Waals surface area contributed by atoms with Gasteiger partial charge >= 0.3 is 5.97 Å². The zero-order valence-electron chi connectivity index (χ0n) is 18.1. The molecule has 0 radical (unpaired) electrons. The molecule has 158 valence electrons. The molecular weight excluding hydrogens is 404 g/mol. The molecule has 0 saturated carbocycles. The normalized spacial score (nSPS) is 18.9. The first-order chi connectivity index (χ1) is 15.0. The monoisotopic (exact) mass is 430 g/mol. The maximum Gasteiger partial charge on any atom is 0.317 e. The van der Waals surface area contributed by atoms with E-state index in [9.17, 15) is 9.59 Å². The summed E-state index contributed by atoms with van der Waals surface area (Å²) in [6.45, 7) is 6.22. The number of carbonyl (C=O) groups is 2. The number of carbonyl (C=O) groups excluding carboxylic acids is 2. The van der Waals surface area contributed by atoms with Crippen LogP contribution in [0.3, 0.4) is 0 Å². The molecule has 31 heavy (non-hydrogen) atoms. The first kappa shape index (κ1) is 21.3. The van der Waals surface area contributed by atoms with Crippen LogP contribution in [0.5, 0.6) is 0 Å². The first-order valence-electron chi connectivity index (χ1n) is 10.6. The Kier molecular flexibility index (Phi) is 6.19. The second-order valence-corrected chi connectivity index (χ2v) is 9.32. The summed E-state index contributed by atoms with van der Waals surface area (Å²) in [5.41, 5.74) is 4.62. The SMILES string of the molecule is CCOC(=O)C1C(=O)C(c2ccccc2)=C(c2cc(C)sc2C)CC1c1ccccc1. The van der Waals surface area contributed by atoms with Gasteiger partial charge in [-0.1, -0.05) is 60.7 Å². The minimum Gasteiger partial charge on any atom is -0.465 e. The predicted octanol–water partition coefficient (Wildman–Crippen LogP) is 6.21. The zero-order valence-corrected chi connectivity index (χ0v) is 18.9. The molecule has 1 heterocycles. The highest BCUT2D eigenvalue weighted by atomic mass is 32.1. The van der Waals surface area contributed by atoms with Crippen LogP contribution >= 0.6 is 11.3 Å². The third-order valence-corrected chi connectivity index (χ3v) is 6.82. The van der Waals surface area contributed by atoms with Crippen molar-refractivity contribution < 1.29 is 14.3 Å². The van der Waals surface area contributed by atoms with Crippen molar-refractivity contribution in [2.45, 2.75) is 33.1 Å².